The molecule has 2 amide bonds. The van der Waals surface area contributed by atoms with E-state index in [0.29, 0.717) is 30.2 Å². The maximum absolute atomic E-state index is 12.7. The van der Waals surface area contributed by atoms with Gasteiger partial charge in [0.25, 0.3) is 5.91 Å². The lowest BCUT2D eigenvalue weighted by molar-refractivity contribution is -0.199. The van der Waals surface area contributed by atoms with Crippen molar-refractivity contribution in [3.05, 3.63) is 58.1 Å². The Morgan fingerprint density at radius 2 is 2.06 bits per heavy atom. The standard InChI is InChI=1S/C24H22F3N5O3S/c1-13(24(25,26)27)35-23(34)32-9-6-18-15(12-32)11-19(36-18)21-28-8-5-20(31-21)30-16-2-3-17-14(10-16)4-7-29-22(17)33/h2-3,5,8,10-11,13H,4,6-7,9,12H2,1H3,(H,29,33)(H,28,30,31). The maximum Gasteiger partial charge on any atom is 0.425 e. The molecule has 3 aromatic rings. The molecule has 2 N–H and O–H groups in total. The number of hydrogen-bond donors (Lipinski definition) is 2. The molecule has 1 aromatic carbocycles. The second-order valence-electron chi connectivity index (χ2n) is 8.57. The lowest BCUT2D eigenvalue weighted by Crippen LogP contribution is -2.40. The fourth-order valence-electron chi connectivity index (χ4n) is 4.09. The third kappa shape index (κ3) is 4.99. The van der Waals surface area contributed by atoms with Crippen molar-refractivity contribution in [2.75, 3.05) is 18.4 Å². The van der Waals surface area contributed by atoms with Crippen molar-refractivity contribution in [3.63, 3.8) is 0 Å². The van der Waals surface area contributed by atoms with Crippen molar-refractivity contribution in [1.82, 2.24) is 20.2 Å². The predicted molar refractivity (Wildman–Crippen MR) is 127 cm³/mol. The highest BCUT2D eigenvalue weighted by atomic mass is 32.1. The molecule has 8 nitrogen and oxygen atoms in total. The van der Waals surface area contributed by atoms with Crippen LogP contribution in [0, 0.1) is 0 Å². The van der Waals surface area contributed by atoms with E-state index in [9.17, 15) is 22.8 Å². The number of carbonyl (C=O) groups is 2. The van der Waals surface area contributed by atoms with Gasteiger partial charge in [0.2, 0.25) is 0 Å². The minimum absolute atomic E-state index is 0.0736. The molecule has 1 unspecified atom stereocenters. The van der Waals surface area contributed by atoms with Crippen LogP contribution in [0.5, 0.6) is 0 Å². The Bertz CT molecular complexity index is 1330. The number of ether oxygens (including phenoxy) is 1. The first kappa shape index (κ1) is 24.0. The van der Waals surface area contributed by atoms with Gasteiger partial charge in [-0.15, -0.1) is 11.3 Å². The van der Waals surface area contributed by atoms with E-state index in [-0.39, 0.29) is 19.0 Å². The van der Waals surface area contributed by atoms with Crippen molar-refractivity contribution in [1.29, 1.82) is 0 Å². The van der Waals surface area contributed by atoms with Crippen LogP contribution in [0.4, 0.5) is 29.5 Å². The number of benzene rings is 1. The van der Waals surface area contributed by atoms with Gasteiger partial charge in [-0.3, -0.25) is 4.79 Å². The number of fused-ring (bicyclic) bond motifs is 2. The Kier molecular flexibility index (Phi) is 6.29. The molecule has 1 atom stereocenters. The summed E-state index contributed by atoms with van der Waals surface area (Å²) in [7, 11) is 0. The van der Waals surface area contributed by atoms with Crippen LogP contribution >= 0.6 is 11.3 Å². The van der Waals surface area contributed by atoms with Crippen LogP contribution in [0.15, 0.2) is 36.5 Å². The van der Waals surface area contributed by atoms with Crippen LogP contribution in [0.2, 0.25) is 0 Å². The molecule has 12 heteroatoms. The fourth-order valence-corrected chi connectivity index (χ4v) is 5.20. The van der Waals surface area contributed by atoms with Gasteiger partial charge < -0.3 is 20.3 Å². The van der Waals surface area contributed by atoms with E-state index in [1.54, 1.807) is 18.3 Å². The average molecular weight is 518 g/mol. The number of carbonyl (C=O) groups excluding carboxylic acids is 2. The minimum atomic E-state index is -4.60. The average Bonchev–Trinajstić information content (AvgIpc) is 3.27. The molecule has 0 fully saturated rings. The third-order valence-corrected chi connectivity index (χ3v) is 7.27. The normalized spacial score (nSPS) is 16.0. The number of hydrogen-bond acceptors (Lipinski definition) is 7. The molecule has 2 aliphatic heterocycles. The Morgan fingerprint density at radius 3 is 2.86 bits per heavy atom. The second kappa shape index (κ2) is 9.41. The largest absolute Gasteiger partial charge is 0.437 e. The number of thiophene rings is 1. The van der Waals surface area contributed by atoms with Crippen LogP contribution in [-0.2, 0) is 24.1 Å². The summed E-state index contributed by atoms with van der Waals surface area (Å²) in [5.41, 5.74) is 3.29. The summed E-state index contributed by atoms with van der Waals surface area (Å²) in [6.45, 7) is 1.85. The summed E-state index contributed by atoms with van der Waals surface area (Å²) < 4.78 is 42.8. The number of nitrogens with one attached hydrogen (secondary N) is 2. The zero-order chi connectivity index (χ0) is 25.4. The van der Waals surface area contributed by atoms with Crippen LogP contribution in [-0.4, -0.2) is 52.2 Å². The highest BCUT2D eigenvalue weighted by Crippen LogP contribution is 2.34. The van der Waals surface area contributed by atoms with Gasteiger partial charge in [0.1, 0.15) is 5.82 Å². The predicted octanol–water partition coefficient (Wildman–Crippen LogP) is 4.68. The first-order valence-corrected chi connectivity index (χ1v) is 12.1. The van der Waals surface area contributed by atoms with E-state index in [1.807, 2.05) is 18.2 Å². The van der Waals surface area contributed by atoms with E-state index in [4.69, 9.17) is 0 Å². The molecule has 36 heavy (non-hydrogen) atoms. The summed E-state index contributed by atoms with van der Waals surface area (Å²) in [6.07, 6.45) is -4.85. The third-order valence-electron chi connectivity index (χ3n) is 6.04. The van der Waals surface area contributed by atoms with Crippen molar-refractivity contribution >= 4 is 34.8 Å². The molecular weight excluding hydrogens is 495 g/mol. The summed E-state index contributed by atoms with van der Waals surface area (Å²) >= 11 is 1.50. The highest BCUT2D eigenvalue weighted by molar-refractivity contribution is 7.15. The molecule has 0 aliphatic carbocycles. The van der Waals surface area contributed by atoms with Crippen LogP contribution in [0.25, 0.3) is 10.7 Å². The smallest absolute Gasteiger partial charge is 0.425 e. The molecule has 2 aromatic heterocycles. The van der Waals surface area contributed by atoms with Gasteiger partial charge in [0, 0.05) is 35.4 Å². The van der Waals surface area contributed by atoms with E-state index >= 15 is 0 Å². The van der Waals surface area contributed by atoms with Gasteiger partial charge in [-0.25, -0.2) is 14.8 Å². The van der Waals surface area contributed by atoms with Gasteiger partial charge in [-0.1, -0.05) is 0 Å². The number of halogens is 3. The van der Waals surface area contributed by atoms with Crippen LogP contribution in [0.3, 0.4) is 0 Å². The molecule has 0 radical (unpaired) electrons. The quantitative estimate of drug-likeness (QED) is 0.522. The molecular formula is C24H22F3N5O3S. The molecule has 0 saturated carbocycles. The number of alkyl halides is 3. The Balaban J connectivity index is 1.29. The molecule has 0 saturated heterocycles. The maximum atomic E-state index is 12.7. The van der Waals surface area contributed by atoms with Crippen molar-refractivity contribution in [2.24, 2.45) is 0 Å². The van der Waals surface area contributed by atoms with Gasteiger partial charge in [-0.2, -0.15) is 13.2 Å². The molecule has 2 aliphatic rings. The van der Waals surface area contributed by atoms with Crippen LogP contribution in [0.1, 0.15) is 33.3 Å². The van der Waals surface area contributed by atoms with Gasteiger partial charge in [0.05, 0.1) is 11.4 Å². The Labute approximate surface area is 208 Å². The Hall–Kier alpha value is -3.67. The monoisotopic (exact) mass is 517 g/mol. The zero-order valence-corrected chi connectivity index (χ0v) is 20.0. The number of anilines is 2. The molecule has 4 heterocycles. The first-order chi connectivity index (χ1) is 17.2. The molecule has 0 spiro atoms. The number of nitrogens with zero attached hydrogens (tertiary/aromatic N) is 3. The minimum Gasteiger partial charge on any atom is -0.437 e. The second-order valence-corrected chi connectivity index (χ2v) is 9.70. The molecule has 188 valence electrons. The summed E-state index contributed by atoms with van der Waals surface area (Å²) in [4.78, 5) is 36.3. The lowest BCUT2D eigenvalue weighted by atomic mass is 10.00. The van der Waals surface area contributed by atoms with E-state index in [2.05, 4.69) is 25.3 Å². The number of amides is 2. The molecule has 0 bridgehead atoms. The van der Waals surface area contributed by atoms with Crippen molar-refractivity contribution < 1.29 is 27.5 Å². The lowest BCUT2D eigenvalue weighted by Gasteiger charge is -2.28. The van der Waals surface area contributed by atoms with Crippen molar-refractivity contribution in [2.45, 2.75) is 38.6 Å². The van der Waals surface area contributed by atoms with Crippen LogP contribution < -0.4 is 10.6 Å². The Morgan fingerprint density at radius 1 is 1.22 bits per heavy atom. The van der Waals surface area contributed by atoms with Crippen molar-refractivity contribution in [3.8, 4) is 10.7 Å². The first-order valence-electron chi connectivity index (χ1n) is 11.3. The SMILES string of the molecule is CC(OC(=O)N1CCc2sc(-c3nccc(Nc4ccc5c(c4)CCNC5=O)n3)cc2C1)C(F)(F)F. The summed E-state index contributed by atoms with van der Waals surface area (Å²) in [5.74, 6) is 1.00. The van der Waals surface area contributed by atoms with Gasteiger partial charge in [-0.05, 0) is 61.2 Å². The van der Waals surface area contributed by atoms with Gasteiger partial charge in [0.15, 0.2) is 11.9 Å². The van der Waals surface area contributed by atoms with Gasteiger partial charge >= 0.3 is 12.3 Å². The topological polar surface area (TPSA) is 96.5 Å². The van der Waals surface area contributed by atoms with E-state index in [0.717, 1.165) is 39.9 Å². The number of aromatic nitrogens is 2. The zero-order valence-electron chi connectivity index (χ0n) is 19.2. The van der Waals surface area contributed by atoms with E-state index < -0.39 is 18.4 Å². The highest BCUT2D eigenvalue weighted by Gasteiger charge is 2.40. The summed E-state index contributed by atoms with van der Waals surface area (Å²) in [5, 5.41) is 6.08. The fraction of sp³-hybridized carbons (Fsp3) is 0.333. The van der Waals surface area contributed by atoms with E-state index in [1.165, 1.54) is 16.2 Å². The number of rotatable bonds is 4. The summed E-state index contributed by atoms with van der Waals surface area (Å²) in [6, 6.07) is 9.15. The molecule has 5 rings (SSSR count).